The lowest BCUT2D eigenvalue weighted by Crippen LogP contribution is -2.42. The molecule has 2 aromatic carbocycles. The first-order valence-electron chi connectivity index (χ1n) is 13.7. The van der Waals surface area contributed by atoms with Crippen LogP contribution in [0.1, 0.15) is 32.3 Å². The van der Waals surface area contributed by atoms with Crippen molar-refractivity contribution in [3.05, 3.63) is 95.7 Å². The minimum Gasteiger partial charge on any atom is -0.270 e. The highest BCUT2D eigenvalue weighted by Gasteiger charge is 2.35. The number of aromatic nitrogens is 2. The Balaban J connectivity index is 1.66. The van der Waals surface area contributed by atoms with Gasteiger partial charge in [0.1, 0.15) is 17.3 Å². The number of imide groups is 1. The van der Waals surface area contributed by atoms with Crippen LogP contribution in [0.5, 0.6) is 0 Å². The van der Waals surface area contributed by atoms with Gasteiger partial charge in [0.05, 0.1) is 10.6 Å². The average molecular weight is 582 g/mol. The highest BCUT2D eigenvalue weighted by Crippen LogP contribution is 2.33. The largest absolute Gasteiger partial charge is 0.271 e. The Morgan fingerprint density at radius 1 is 1.12 bits per heavy atom. The molecule has 42 heavy (non-hydrogen) atoms. The van der Waals surface area contributed by atoms with Gasteiger partial charge in [-0.05, 0) is 61.6 Å². The molecule has 9 nitrogen and oxygen atoms in total. The lowest BCUT2D eigenvalue weighted by molar-refractivity contribution is -0.139. The molecule has 2 amide bonds. The molecule has 5 rings (SSSR count). The number of para-hydroxylation sites is 1. The standard InChI is InChI=1S/C32H31N5O4S/c1-4-15-36-31(38)28(23(3)29(19-33)32(36)39)18-25-21-37(26-12-6-5-7-13-26)34-30(25)24-11-8-14-27(17-24)42(40,41)35-16-9-10-22(2)20-35/h4-8,11-14,17-18,21-22H,1,9-10,15-16,20H2,2-3H3/b28-18+. The third-order valence-electron chi connectivity index (χ3n) is 7.57. The molecule has 1 saturated heterocycles. The molecule has 3 heterocycles. The van der Waals surface area contributed by atoms with E-state index >= 15 is 0 Å². The first-order chi connectivity index (χ1) is 20.1. The van der Waals surface area contributed by atoms with E-state index in [4.69, 9.17) is 5.10 Å². The van der Waals surface area contributed by atoms with Gasteiger partial charge in [-0.25, -0.2) is 13.1 Å². The summed E-state index contributed by atoms with van der Waals surface area (Å²) in [6.07, 6.45) is 6.59. The van der Waals surface area contributed by atoms with Gasteiger partial charge in [-0.3, -0.25) is 14.5 Å². The predicted molar refractivity (Wildman–Crippen MR) is 159 cm³/mol. The number of hydrogen-bond acceptors (Lipinski definition) is 6. The monoisotopic (exact) mass is 581 g/mol. The number of nitrogens with zero attached hydrogens (tertiary/aromatic N) is 5. The summed E-state index contributed by atoms with van der Waals surface area (Å²) in [4.78, 5) is 27.4. The summed E-state index contributed by atoms with van der Waals surface area (Å²) in [5.41, 5.74) is 2.60. The second-order valence-corrected chi connectivity index (χ2v) is 12.5. The van der Waals surface area contributed by atoms with Crippen LogP contribution in [0.25, 0.3) is 23.0 Å². The summed E-state index contributed by atoms with van der Waals surface area (Å²) < 4.78 is 30.4. The molecular weight excluding hydrogens is 550 g/mol. The Kier molecular flexibility index (Phi) is 8.07. The van der Waals surface area contributed by atoms with Crippen LogP contribution >= 0.6 is 0 Å². The van der Waals surface area contributed by atoms with E-state index < -0.39 is 21.8 Å². The van der Waals surface area contributed by atoms with Crippen molar-refractivity contribution in [1.29, 1.82) is 5.26 Å². The summed E-state index contributed by atoms with van der Waals surface area (Å²) in [6.45, 7) is 8.16. The minimum absolute atomic E-state index is 0.0430. The maximum Gasteiger partial charge on any atom is 0.271 e. The number of sulfonamides is 1. The van der Waals surface area contributed by atoms with Crippen molar-refractivity contribution in [1.82, 2.24) is 19.0 Å². The van der Waals surface area contributed by atoms with Gasteiger partial charge in [-0.1, -0.05) is 43.3 Å². The van der Waals surface area contributed by atoms with Crippen molar-refractivity contribution in [3.8, 4) is 23.0 Å². The second-order valence-electron chi connectivity index (χ2n) is 10.5. The Labute approximate surface area is 245 Å². The normalized spacial score (nSPS) is 19.3. The number of benzene rings is 2. The van der Waals surface area contributed by atoms with Gasteiger partial charge >= 0.3 is 0 Å². The number of carbonyl (C=O) groups is 2. The molecular formula is C32H31N5O4S. The van der Waals surface area contributed by atoms with Crippen LogP contribution in [0.4, 0.5) is 0 Å². The van der Waals surface area contributed by atoms with Crippen molar-refractivity contribution in [2.24, 2.45) is 5.92 Å². The molecule has 0 radical (unpaired) electrons. The quantitative estimate of drug-likeness (QED) is 0.226. The smallest absolute Gasteiger partial charge is 0.270 e. The van der Waals surface area contributed by atoms with E-state index in [-0.39, 0.29) is 34.1 Å². The zero-order valence-corrected chi connectivity index (χ0v) is 24.3. The first kappa shape index (κ1) is 28.9. The Hall–Kier alpha value is -4.59. The Morgan fingerprint density at radius 3 is 2.57 bits per heavy atom. The fraction of sp³-hybridized carbons (Fsp3) is 0.250. The number of hydrogen-bond donors (Lipinski definition) is 0. The molecule has 1 unspecified atom stereocenters. The maximum atomic E-state index is 13.6. The van der Waals surface area contributed by atoms with Crippen LogP contribution in [0, 0.1) is 17.2 Å². The Bertz CT molecular complexity index is 1780. The molecule has 2 aliphatic rings. The van der Waals surface area contributed by atoms with E-state index in [9.17, 15) is 23.3 Å². The fourth-order valence-electron chi connectivity index (χ4n) is 5.33. The maximum absolute atomic E-state index is 13.6. The average Bonchev–Trinajstić information content (AvgIpc) is 3.42. The molecule has 214 valence electrons. The van der Waals surface area contributed by atoms with Crippen molar-refractivity contribution in [2.45, 2.75) is 31.6 Å². The van der Waals surface area contributed by atoms with Crippen LogP contribution in [-0.4, -0.2) is 58.9 Å². The lowest BCUT2D eigenvalue weighted by atomic mass is 9.93. The zero-order chi connectivity index (χ0) is 30.0. The molecule has 1 atom stereocenters. The number of carbonyl (C=O) groups excluding carboxylic acids is 2. The van der Waals surface area contributed by atoms with Crippen molar-refractivity contribution >= 4 is 27.9 Å². The molecule has 10 heteroatoms. The summed E-state index contributed by atoms with van der Waals surface area (Å²) in [7, 11) is -3.73. The van der Waals surface area contributed by atoms with Gasteiger partial charge in [0, 0.05) is 42.5 Å². The number of rotatable bonds is 7. The van der Waals surface area contributed by atoms with Gasteiger partial charge < -0.3 is 0 Å². The second kappa shape index (κ2) is 11.7. The van der Waals surface area contributed by atoms with E-state index in [0.29, 0.717) is 29.9 Å². The van der Waals surface area contributed by atoms with Gasteiger partial charge in [0.25, 0.3) is 11.8 Å². The summed E-state index contributed by atoms with van der Waals surface area (Å²) in [5.74, 6) is -0.931. The van der Waals surface area contributed by atoms with Crippen molar-refractivity contribution in [3.63, 3.8) is 0 Å². The van der Waals surface area contributed by atoms with E-state index in [0.717, 1.165) is 23.4 Å². The highest BCUT2D eigenvalue weighted by atomic mass is 32.2. The molecule has 0 aliphatic carbocycles. The van der Waals surface area contributed by atoms with E-state index in [1.807, 2.05) is 36.4 Å². The summed E-state index contributed by atoms with van der Waals surface area (Å²) in [5, 5.41) is 14.5. The molecule has 0 spiro atoms. The van der Waals surface area contributed by atoms with Gasteiger partial charge in [0.15, 0.2) is 0 Å². The minimum atomic E-state index is -3.73. The molecule has 2 aliphatic heterocycles. The predicted octanol–water partition coefficient (Wildman–Crippen LogP) is 4.74. The third-order valence-corrected chi connectivity index (χ3v) is 9.43. The molecule has 3 aromatic rings. The number of amides is 2. The molecule has 1 aromatic heterocycles. The summed E-state index contributed by atoms with van der Waals surface area (Å²) >= 11 is 0. The van der Waals surface area contributed by atoms with Crippen LogP contribution in [-0.2, 0) is 19.6 Å². The van der Waals surface area contributed by atoms with Crippen LogP contribution in [0.3, 0.4) is 0 Å². The van der Waals surface area contributed by atoms with Crippen LogP contribution in [0.15, 0.2) is 95.1 Å². The number of piperidine rings is 1. The first-order valence-corrected chi connectivity index (χ1v) is 15.2. The van der Waals surface area contributed by atoms with Crippen LogP contribution in [0.2, 0.25) is 0 Å². The SMILES string of the molecule is C=CCN1C(=O)C(C#N)=C(C)/C(=C\c2cn(-c3ccccc3)nc2-c2cccc(S(=O)(=O)N3CCCC(C)C3)c2)C1=O. The van der Waals surface area contributed by atoms with Crippen molar-refractivity contribution < 1.29 is 18.0 Å². The summed E-state index contributed by atoms with van der Waals surface area (Å²) in [6, 6.07) is 18.0. The Morgan fingerprint density at radius 2 is 1.88 bits per heavy atom. The van der Waals surface area contributed by atoms with Gasteiger partial charge in [-0.2, -0.15) is 14.7 Å². The molecule has 0 bridgehead atoms. The number of nitriles is 1. The molecule has 0 N–H and O–H groups in total. The van der Waals surface area contributed by atoms with Gasteiger partial charge in [-0.15, -0.1) is 6.58 Å². The van der Waals surface area contributed by atoms with E-state index in [2.05, 4.69) is 13.5 Å². The fourth-order valence-corrected chi connectivity index (χ4v) is 6.97. The topological polar surface area (TPSA) is 116 Å². The van der Waals surface area contributed by atoms with E-state index in [1.54, 1.807) is 48.1 Å². The lowest BCUT2D eigenvalue weighted by Gasteiger charge is -2.30. The zero-order valence-electron chi connectivity index (χ0n) is 23.5. The molecule has 0 saturated carbocycles. The highest BCUT2D eigenvalue weighted by molar-refractivity contribution is 7.89. The molecule has 1 fully saturated rings. The van der Waals surface area contributed by atoms with Crippen molar-refractivity contribution in [2.75, 3.05) is 19.6 Å². The van der Waals surface area contributed by atoms with E-state index in [1.165, 1.54) is 10.4 Å². The van der Waals surface area contributed by atoms with Crippen LogP contribution < -0.4 is 0 Å². The third kappa shape index (κ3) is 5.36. The van der Waals surface area contributed by atoms with Gasteiger partial charge in [0.2, 0.25) is 10.0 Å².